The van der Waals surface area contributed by atoms with Crippen molar-refractivity contribution < 1.29 is 9.53 Å². The molecular weight excluding hydrogens is 240 g/mol. The van der Waals surface area contributed by atoms with Crippen LogP contribution in [0.1, 0.15) is 40.5 Å². The summed E-state index contributed by atoms with van der Waals surface area (Å²) in [6.07, 6.45) is 2.17. The second-order valence-electron chi connectivity index (χ2n) is 7.08. The first-order chi connectivity index (χ1) is 8.75. The van der Waals surface area contributed by atoms with Gasteiger partial charge in [-0.15, -0.1) is 0 Å². The average molecular weight is 268 g/mol. The van der Waals surface area contributed by atoms with Crippen molar-refractivity contribution in [3.8, 4) is 0 Å². The Balaban J connectivity index is 2.27. The third-order valence-electron chi connectivity index (χ3n) is 5.96. The Morgan fingerprint density at radius 3 is 2.53 bits per heavy atom. The zero-order valence-corrected chi connectivity index (χ0v) is 13.1. The number of hydrogen-bond donors (Lipinski definition) is 1. The lowest BCUT2D eigenvalue weighted by atomic mass is 9.69. The molecule has 4 atom stereocenters. The topological polar surface area (TPSA) is 41.6 Å². The molecule has 2 fully saturated rings. The summed E-state index contributed by atoms with van der Waals surface area (Å²) in [5.74, 6) is 0.638. The van der Waals surface area contributed by atoms with E-state index in [1.54, 1.807) is 0 Å². The van der Waals surface area contributed by atoms with E-state index >= 15 is 0 Å². The summed E-state index contributed by atoms with van der Waals surface area (Å²) in [6.45, 7) is 9.31. The van der Waals surface area contributed by atoms with Gasteiger partial charge in [0, 0.05) is 6.04 Å². The van der Waals surface area contributed by atoms with Gasteiger partial charge in [-0.3, -0.25) is 0 Å². The molecule has 1 N–H and O–H groups in total. The normalized spacial score (nSPS) is 39.6. The van der Waals surface area contributed by atoms with Gasteiger partial charge in [-0.05, 0) is 50.6 Å². The van der Waals surface area contributed by atoms with Crippen LogP contribution < -0.4 is 5.32 Å². The summed E-state index contributed by atoms with van der Waals surface area (Å²) in [4.78, 5) is 14.1. The van der Waals surface area contributed by atoms with Crippen molar-refractivity contribution >= 4 is 6.09 Å². The summed E-state index contributed by atoms with van der Waals surface area (Å²) < 4.78 is 5.08. The lowest BCUT2D eigenvalue weighted by Gasteiger charge is -2.41. The summed E-state index contributed by atoms with van der Waals surface area (Å²) >= 11 is 0. The Labute approximate surface area is 116 Å². The highest BCUT2D eigenvalue weighted by atomic mass is 16.5. The Morgan fingerprint density at radius 2 is 2.00 bits per heavy atom. The molecule has 110 valence electrons. The number of ether oxygens (including phenoxy) is 1. The highest BCUT2D eigenvalue weighted by Crippen LogP contribution is 2.66. The minimum atomic E-state index is -0.274. The van der Waals surface area contributed by atoms with Gasteiger partial charge in [-0.25, -0.2) is 4.79 Å². The van der Waals surface area contributed by atoms with Crippen LogP contribution in [-0.4, -0.2) is 43.8 Å². The number of rotatable bonds is 3. The maximum Gasteiger partial charge on any atom is 0.407 e. The fourth-order valence-corrected chi connectivity index (χ4v) is 4.53. The van der Waals surface area contributed by atoms with E-state index in [0.717, 1.165) is 0 Å². The number of carbonyl (C=O) groups is 1. The lowest BCUT2D eigenvalue weighted by molar-refractivity contribution is 0.0918. The van der Waals surface area contributed by atoms with Gasteiger partial charge in [0.15, 0.2) is 0 Å². The molecule has 0 saturated heterocycles. The quantitative estimate of drug-likeness (QED) is 0.855. The molecule has 1 amide bonds. The second kappa shape index (κ2) is 4.65. The van der Waals surface area contributed by atoms with E-state index in [1.165, 1.54) is 12.8 Å². The number of carbonyl (C=O) groups excluding carboxylic acids is 1. The van der Waals surface area contributed by atoms with Gasteiger partial charge in [0.2, 0.25) is 0 Å². The molecule has 19 heavy (non-hydrogen) atoms. The first-order valence-electron chi connectivity index (χ1n) is 7.35. The van der Waals surface area contributed by atoms with Crippen LogP contribution in [0.3, 0.4) is 0 Å². The van der Waals surface area contributed by atoms with Gasteiger partial charge >= 0.3 is 6.09 Å². The van der Waals surface area contributed by atoms with E-state index in [-0.39, 0.29) is 23.0 Å². The van der Waals surface area contributed by atoms with Crippen molar-refractivity contribution in [3.05, 3.63) is 0 Å². The number of nitrogens with zero attached hydrogens (tertiary/aromatic N) is 1. The second-order valence-corrected chi connectivity index (χ2v) is 7.08. The third-order valence-corrected chi connectivity index (χ3v) is 5.96. The van der Waals surface area contributed by atoms with Crippen LogP contribution in [0.2, 0.25) is 0 Å². The molecule has 2 rings (SSSR count). The summed E-state index contributed by atoms with van der Waals surface area (Å²) in [5.41, 5.74) is 0.408. The molecule has 2 aliphatic rings. The zero-order chi connectivity index (χ0) is 14.4. The van der Waals surface area contributed by atoms with Crippen LogP contribution in [0.4, 0.5) is 4.79 Å². The maximum absolute atomic E-state index is 11.8. The van der Waals surface area contributed by atoms with Crippen LogP contribution in [0, 0.1) is 16.7 Å². The van der Waals surface area contributed by atoms with Crippen LogP contribution in [0.5, 0.6) is 0 Å². The van der Waals surface area contributed by atoms with Crippen LogP contribution >= 0.6 is 0 Å². The van der Waals surface area contributed by atoms with Gasteiger partial charge in [0.05, 0.1) is 12.6 Å². The number of amides is 1. The molecule has 0 spiro atoms. The molecule has 0 aromatic heterocycles. The molecule has 2 aliphatic carbocycles. The van der Waals surface area contributed by atoms with E-state index in [0.29, 0.717) is 18.6 Å². The Kier molecular flexibility index (Phi) is 3.58. The van der Waals surface area contributed by atoms with Crippen LogP contribution in [0.15, 0.2) is 0 Å². The molecular formula is C15H28N2O2. The first kappa shape index (κ1) is 14.6. The molecule has 4 nitrogen and oxygen atoms in total. The van der Waals surface area contributed by atoms with Gasteiger partial charge in [-0.1, -0.05) is 20.8 Å². The number of alkyl carbamates (subject to hydrolysis) is 1. The number of nitrogens with one attached hydrogen (secondary N) is 1. The molecule has 0 unspecified atom stereocenters. The predicted molar refractivity (Wildman–Crippen MR) is 76.0 cm³/mol. The molecule has 2 bridgehead atoms. The Bertz CT molecular complexity index is 367. The molecule has 0 aromatic rings. The summed E-state index contributed by atoms with van der Waals surface area (Å²) in [6, 6.07) is 0.577. The smallest absolute Gasteiger partial charge is 0.407 e. The van der Waals surface area contributed by atoms with E-state index in [2.05, 4.69) is 45.1 Å². The number of hydrogen-bond acceptors (Lipinski definition) is 3. The fourth-order valence-electron chi connectivity index (χ4n) is 4.53. The molecule has 2 saturated carbocycles. The minimum Gasteiger partial charge on any atom is -0.450 e. The van der Waals surface area contributed by atoms with Crippen molar-refractivity contribution in [3.63, 3.8) is 0 Å². The molecule has 4 heteroatoms. The molecule has 0 radical (unpaired) electrons. The number of likely N-dealkylation sites (N-methyl/N-ethyl adjacent to an activating group) is 1. The highest BCUT2D eigenvalue weighted by molar-refractivity contribution is 5.68. The van der Waals surface area contributed by atoms with Crippen molar-refractivity contribution in [1.82, 2.24) is 10.2 Å². The van der Waals surface area contributed by atoms with Crippen molar-refractivity contribution in [2.75, 3.05) is 20.7 Å². The first-order valence-corrected chi connectivity index (χ1v) is 7.35. The van der Waals surface area contributed by atoms with E-state index < -0.39 is 0 Å². The van der Waals surface area contributed by atoms with Crippen LogP contribution in [-0.2, 0) is 4.74 Å². The van der Waals surface area contributed by atoms with Crippen molar-refractivity contribution in [2.45, 2.75) is 52.6 Å². The third kappa shape index (κ3) is 1.95. The van der Waals surface area contributed by atoms with Crippen molar-refractivity contribution in [1.29, 1.82) is 0 Å². The highest BCUT2D eigenvalue weighted by Gasteiger charge is 2.67. The Hall–Kier alpha value is -0.770. The number of fused-ring (bicyclic) bond motifs is 2. The largest absolute Gasteiger partial charge is 0.450 e. The van der Waals surface area contributed by atoms with Gasteiger partial charge in [0.25, 0.3) is 0 Å². The standard InChI is InChI=1S/C15H28N2O2/c1-7-19-13(18)16-12-11(17(5)6)10-8-9-15(12,4)14(10,2)3/h10-12H,7-9H2,1-6H3,(H,16,18)/t10-,11+,12+,15-/m1/s1. The molecule has 0 aromatic carbocycles. The van der Waals surface area contributed by atoms with Crippen molar-refractivity contribution in [2.24, 2.45) is 16.7 Å². The summed E-state index contributed by atoms with van der Waals surface area (Å²) in [5, 5.41) is 3.14. The maximum atomic E-state index is 11.8. The van der Waals surface area contributed by atoms with Gasteiger partial charge in [-0.2, -0.15) is 0 Å². The summed E-state index contributed by atoms with van der Waals surface area (Å²) in [7, 11) is 4.23. The Morgan fingerprint density at radius 1 is 1.37 bits per heavy atom. The SMILES string of the molecule is CCOC(=O)N[C@H]1[C@@H](N(C)C)[C@H]2CC[C@@]1(C)C2(C)C. The van der Waals surface area contributed by atoms with E-state index in [4.69, 9.17) is 4.74 Å². The lowest BCUT2D eigenvalue weighted by Crippen LogP contribution is -2.56. The van der Waals surface area contributed by atoms with E-state index in [9.17, 15) is 4.79 Å². The monoisotopic (exact) mass is 268 g/mol. The minimum absolute atomic E-state index is 0.152. The van der Waals surface area contributed by atoms with Crippen LogP contribution in [0.25, 0.3) is 0 Å². The predicted octanol–water partition coefficient (Wildman–Crippen LogP) is 2.49. The molecule has 0 aliphatic heterocycles. The van der Waals surface area contributed by atoms with E-state index in [1.807, 2.05) is 6.92 Å². The van der Waals surface area contributed by atoms with Gasteiger partial charge in [0.1, 0.15) is 0 Å². The zero-order valence-electron chi connectivity index (χ0n) is 13.1. The average Bonchev–Trinajstić information content (AvgIpc) is 2.60. The van der Waals surface area contributed by atoms with Gasteiger partial charge < -0.3 is 15.0 Å². The fraction of sp³-hybridized carbons (Fsp3) is 0.933. The molecule has 0 heterocycles.